The molecule has 1 atom stereocenters. The summed E-state index contributed by atoms with van der Waals surface area (Å²) in [5, 5.41) is 11.3. The molecular weight excluding hydrogens is 116 g/mol. The van der Waals surface area contributed by atoms with Gasteiger partial charge in [0, 0.05) is 19.4 Å². The van der Waals surface area contributed by atoms with Crippen molar-refractivity contribution in [3.63, 3.8) is 0 Å². The molecule has 1 aliphatic rings. The highest BCUT2D eigenvalue weighted by Crippen LogP contribution is 2.00. The van der Waals surface area contributed by atoms with Gasteiger partial charge >= 0.3 is 0 Å². The number of carbonyl (C=O) groups excluding carboxylic acids is 1. The van der Waals surface area contributed by atoms with E-state index in [-0.39, 0.29) is 11.8 Å². The van der Waals surface area contributed by atoms with Crippen LogP contribution in [0, 0.1) is 11.3 Å². The molecule has 1 rings (SSSR count). The Kier molecular flexibility index (Phi) is 1.81. The molecule has 0 aliphatic carbocycles. The van der Waals surface area contributed by atoms with Crippen molar-refractivity contribution < 1.29 is 4.79 Å². The molecule has 1 heterocycles. The molecule has 9 heavy (non-hydrogen) atoms. The first-order chi connectivity index (χ1) is 4.33. The normalized spacial score (nSPS) is 27.4. The molecule has 1 fully saturated rings. The van der Waals surface area contributed by atoms with Gasteiger partial charge in [0.25, 0.3) is 0 Å². The third-order valence-corrected chi connectivity index (χ3v) is 1.38. The van der Waals surface area contributed by atoms with Crippen LogP contribution in [0.2, 0.25) is 0 Å². The zero-order valence-corrected chi connectivity index (χ0v) is 5.05. The summed E-state index contributed by atoms with van der Waals surface area (Å²) < 4.78 is 0. The van der Waals surface area contributed by atoms with Crippen LogP contribution in [0.5, 0.6) is 0 Å². The first-order valence-electron chi connectivity index (χ1n) is 2.97. The molecule has 0 amide bonds. The number of hydrogen-bond acceptors (Lipinski definition) is 3. The van der Waals surface area contributed by atoms with E-state index in [2.05, 4.69) is 5.32 Å². The molecule has 1 aliphatic heterocycles. The Labute approximate surface area is 53.7 Å². The lowest BCUT2D eigenvalue weighted by molar-refractivity contribution is -0.120. The number of nitrogens with zero attached hydrogens (tertiary/aromatic N) is 1. The van der Waals surface area contributed by atoms with Crippen molar-refractivity contribution in [1.82, 2.24) is 5.32 Å². The highest BCUT2D eigenvalue weighted by molar-refractivity contribution is 5.80. The fourth-order valence-electron chi connectivity index (χ4n) is 0.879. The number of nitrogens with one attached hydrogen (secondary N) is 1. The highest BCUT2D eigenvalue weighted by atomic mass is 16.1. The lowest BCUT2D eigenvalue weighted by Gasteiger charge is -2.15. The van der Waals surface area contributed by atoms with Crippen molar-refractivity contribution in [1.29, 1.82) is 5.26 Å². The van der Waals surface area contributed by atoms with Crippen LogP contribution in [0.25, 0.3) is 0 Å². The van der Waals surface area contributed by atoms with Crippen LogP contribution in [0.15, 0.2) is 0 Å². The number of hydrogen-bond donors (Lipinski definition) is 1. The summed E-state index contributed by atoms with van der Waals surface area (Å²) in [6, 6.07) is 1.77. The van der Waals surface area contributed by atoms with Gasteiger partial charge in [-0.05, 0) is 0 Å². The number of Topliss-reactive ketones (excluding diaryl/α,β-unsaturated/α-hetero) is 1. The molecule has 0 saturated carbocycles. The Morgan fingerprint density at radius 1 is 1.78 bits per heavy atom. The molecule has 1 saturated heterocycles. The summed E-state index contributed by atoms with van der Waals surface area (Å²) in [7, 11) is 0. The van der Waals surface area contributed by atoms with Crippen LogP contribution < -0.4 is 5.32 Å². The monoisotopic (exact) mass is 124 g/mol. The molecule has 1 N–H and O–H groups in total. The maximum absolute atomic E-state index is 10.6. The van der Waals surface area contributed by atoms with Crippen molar-refractivity contribution in [2.45, 2.75) is 18.9 Å². The van der Waals surface area contributed by atoms with Gasteiger partial charge in [0.2, 0.25) is 0 Å². The largest absolute Gasteiger partial charge is 0.301 e. The van der Waals surface area contributed by atoms with Crippen molar-refractivity contribution >= 4 is 5.78 Å². The van der Waals surface area contributed by atoms with Crippen LogP contribution in [-0.4, -0.2) is 18.4 Å². The Hall–Kier alpha value is -0.880. The zero-order chi connectivity index (χ0) is 6.69. The summed E-state index contributed by atoms with van der Waals surface area (Å²) in [4.78, 5) is 10.6. The standard InChI is InChI=1S/C6H8N2O/c7-4-5-3-6(9)1-2-8-5/h5,8H,1-3H2. The summed E-state index contributed by atoms with van der Waals surface area (Å²) in [6.07, 6.45) is 0.967. The van der Waals surface area contributed by atoms with Gasteiger partial charge in [0.15, 0.2) is 0 Å². The average molecular weight is 124 g/mol. The van der Waals surface area contributed by atoms with Gasteiger partial charge < -0.3 is 5.32 Å². The van der Waals surface area contributed by atoms with E-state index in [1.165, 1.54) is 0 Å². The first kappa shape index (κ1) is 6.24. The maximum atomic E-state index is 10.6. The lowest BCUT2D eigenvalue weighted by Crippen LogP contribution is -2.36. The molecule has 0 spiro atoms. The molecule has 3 nitrogen and oxygen atoms in total. The predicted molar refractivity (Wildman–Crippen MR) is 31.6 cm³/mol. The first-order valence-corrected chi connectivity index (χ1v) is 2.97. The Morgan fingerprint density at radius 3 is 3.00 bits per heavy atom. The smallest absolute Gasteiger partial charge is 0.136 e. The van der Waals surface area contributed by atoms with Crippen LogP contribution in [0.4, 0.5) is 0 Å². The molecule has 0 aromatic carbocycles. The fraction of sp³-hybridized carbons (Fsp3) is 0.667. The second-order valence-electron chi connectivity index (χ2n) is 2.13. The number of piperidine rings is 1. The van der Waals surface area contributed by atoms with E-state index in [0.29, 0.717) is 19.4 Å². The second kappa shape index (κ2) is 2.60. The van der Waals surface area contributed by atoms with Crippen molar-refractivity contribution in [3.8, 4) is 6.07 Å². The summed E-state index contributed by atoms with van der Waals surface area (Å²) in [5.41, 5.74) is 0. The Bertz CT molecular complexity index is 159. The molecule has 0 aromatic heterocycles. The van der Waals surface area contributed by atoms with Crippen LogP contribution in [0.1, 0.15) is 12.8 Å². The van der Waals surface area contributed by atoms with Gasteiger partial charge in [-0.3, -0.25) is 4.79 Å². The molecule has 0 radical (unpaired) electrons. The van der Waals surface area contributed by atoms with E-state index in [1.54, 1.807) is 0 Å². The molecular formula is C6H8N2O. The predicted octanol–water partition coefficient (Wildman–Crippen LogP) is -0.169. The van der Waals surface area contributed by atoms with E-state index < -0.39 is 0 Å². The van der Waals surface area contributed by atoms with Gasteiger partial charge in [-0.25, -0.2) is 0 Å². The minimum absolute atomic E-state index is 0.195. The van der Waals surface area contributed by atoms with E-state index in [4.69, 9.17) is 5.26 Å². The van der Waals surface area contributed by atoms with Crippen molar-refractivity contribution in [2.75, 3.05) is 6.54 Å². The van der Waals surface area contributed by atoms with Gasteiger partial charge in [0.1, 0.15) is 11.8 Å². The number of ketones is 1. The quantitative estimate of drug-likeness (QED) is 0.488. The summed E-state index contributed by atoms with van der Waals surface area (Å²) >= 11 is 0. The van der Waals surface area contributed by atoms with E-state index in [0.717, 1.165) is 0 Å². The minimum Gasteiger partial charge on any atom is -0.301 e. The minimum atomic E-state index is -0.230. The van der Waals surface area contributed by atoms with Gasteiger partial charge in [0.05, 0.1) is 6.07 Å². The summed E-state index contributed by atoms with van der Waals surface area (Å²) in [6.45, 7) is 0.664. The Morgan fingerprint density at radius 2 is 2.56 bits per heavy atom. The molecule has 0 bridgehead atoms. The highest BCUT2D eigenvalue weighted by Gasteiger charge is 2.16. The molecule has 0 aromatic rings. The van der Waals surface area contributed by atoms with Gasteiger partial charge in [-0.1, -0.05) is 0 Å². The van der Waals surface area contributed by atoms with E-state index in [9.17, 15) is 4.79 Å². The number of nitriles is 1. The maximum Gasteiger partial charge on any atom is 0.136 e. The van der Waals surface area contributed by atoms with Crippen LogP contribution >= 0.6 is 0 Å². The van der Waals surface area contributed by atoms with E-state index in [1.807, 2.05) is 6.07 Å². The van der Waals surface area contributed by atoms with Crippen LogP contribution in [0.3, 0.4) is 0 Å². The zero-order valence-electron chi connectivity index (χ0n) is 5.05. The van der Waals surface area contributed by atoms with Gasteiger partial charge in [-0.2, -0.15) is 5.26 Å². The lowest BCUT2D eigenvalue weighted by atomic mass is 10.1. The molecule has 48 valence electrons. The molecule has 3 heteroatoms. The average Bonchev–Trinajstić information content (AvgIpc) is 1.88. The second-order valence-corrected chi connectivity index (χ2v) is 2.13. The topological polar surface area (TPSA) is 52.9 Å². The Balaban J connectivity index is 2.43. The molecule has 1 unspecified atom stereocenters. The third kappa shape index (κ3) is 1.51. The summed E-state index contributed by atoms with van der Waals surface area (Å²) in [5.74, 6) is 0.195. The SMILES string of the molecule is N#CC1CC(=O)CCN1. The number of rotatable bonds is 0. The number of carbonyl (C=O) groups is 1. The van der Waals surface area contributed by atoms with Crippen molar-refractivity contribution in [2.24, 2.45) is 0 Å². The van der Waals surface area contributed by atoms with E-state index >= 15 is 0 Å². The third-order valence-electron chi connectivity index (χ3n) is 1.38. The fourth-order valence-corrected chi connectivity index (χ4v) is 0.879. The van der Waals surface area contributed by atoms with Crippen molar-refractivity contribution in [3.05, 3.63) is 0 Å². The van der Waals surface area contributed by atoms with Crippen LogP contribution in [-0.2, 0) is 4.79 Å². The van der Waals surface area contributed by atoms with Gasteiger partial charge in [-0.15, -0.1) is 0 Å².